The Balaban J connectivity index is 3.12. The molecule has 0 unspecified atom stereocenters. The predicted molar refractivity (Wildman–Crippen MR) is 70.8 cm³/mol. The van der Waals surface area contributed by atoms with Crippen LogP contribution in [0.4, 0.5) is 24.8 Å². The maximum Gasteiger partial charge on any atom is 0.451 e. The molecule has 114 valence electrons. The molecule has 5 nitrogen and oxygen atoms in total. The van der Waals surface area contributed by atoms with E-state index in [4.69, 9.17) is 5.11 Å². The van der Waals surface area contributed by atoms with Gasteiger partial charge in [-0.1, -0.05) is 13.3 Å². The first-order valence-corrected chi connectivity index (χ1v) is 6.42. The van der Waals surface area contributed by atoms with E-state index < -0.39 is 12.0 Å². The standard InChI is InChI=1S/C12H19F3N4O/c1-3-4-5-19(6-7-20)10-8-9(16-2)17-11(18-10)12(13,14)15/h8,20H,3-7H2,1-2H3,(H,16,17,18). The Morgan fingerprint density at radius 2 is 2.00 bits per heavy atom. The number of alkyl halides is 3. The molecular formula is C12H19F3N4O. The lowest BCUT2D eigenvalue weighted by molar-refractivity contribution is -0.144. The summed E-state index contributed by atoms with van der Waals surface area (Å²) >= 11 is 0. The van der Waals surface area contributed by atoms with Gasteiger partial charge >= 0.3 is 6.18 Å². The number of rotatable bonds is 7. The van der Waals surface area contributed by atoms with Crippen LogP contribution >= 0.6 is 0 Å². The zero-order valence-corrected chi connectivity index (χ0v) is 11.5. The van der Waals surface area contributed by atoms with Crippen LogP contribution in [0.3, 0.4) is 0 Å². The van der Waals surface area contributed by atoms with Crippen molar-refractivity contribution >= 4 is 11.6 Å². The van der Waals surface area contributed by atoms with Crippen LogP contribution in [0.5, 0.6) is 0 Å². The molecule has 0 amide bonds. The molecule has 2 N–H and O–H groups in total. The summed E-state index contributed by atoms with van der Waals surface area (Å²) in [6.45, 7) is 2.60. The molecule has 0 radical (unpaired) electrons. The molecule has 1 aromatic rings. The van der Waals surface area contributed by atoms with Crippen molar-refractivity contribution in [3.8, 4) is 0 Å². The summed E-state index contributed by atoms with van der Waals surface area (Å²) < 4.78 is 38.3. The molecule has 0 aromatic carbocycles. The third-order valence-corrected chi connectivity index (χ3v) is 2.70. The van der Waals surface area contributed by atoms with Gasteiger partial charge in [0.05, 0.1) is 6.61 Å². The topological polar surface area (TPSA) is 61.3 Å². The van der Waals surface area contributed by atoms with Crippen LogP contribution in [-0.2, 0) is 6.18 Å². The van der Waals surface area contributed by atoms with Crippen molar-refractivity contribution in [2.24, 2.45) is 0 Å². The fourth-order valence-corrected chi connectivity index (χ4v) is 1.66. The highest BCUT2D eigenvalue weighted by atomic mass is 19.4. The second kappa shape index (κ2) is 7.28. The molecular weight excluding hydrogens is 273 g/mol. The van der Waals surface area contributed by atoms with E-state index in [0.717, 1.165) is 12.8 Å². The predicted octanol–water partition coefficient (Wildman–Crippen LogP) is 2.14. The fraction of sp³-hybridized carbons (Fsp3) is 0.667. The Kier molecular flexibility index (Phi) is 6.00. The van der Waals surface area contributed by atoms with Gasteiger partial charge in [0.2, 0.25) is 5.82 Å². The zero-order chi connectivity index (χ0) is 15.2. The quantitative estimate of drug-likeness (QED) is 0.806. The van der Waals surface area contributed by atoms with Gasteiger partial charge in [0.1, 0.15) is 11.6 Å². The summed E-state index contributed by atoms with van der Waals surface area (Å²) in [6.07, 6.45) is -2.89. The van der Waals surface area contributed by atoms with E-state index in [1.807, 2.05) is 6.92 Å². The monoisotopic (exact) mass is 292 g/mol. The Hall–Kier alpha value is -1.57. The summed E-state index contributed by atoms with van der Waals surface area (Å²) in [4.78, 5) is 8.60. The molecule has 0 bridgehead atoms. The third kappa shape index (κ3) is 4.52. The summed E-state index contributed by atoms with van der Waals surface area (Å²) in [7, 11) is 1.49. The van der Waals surface area contributed by atoms with Crippen molar-refractivity contribution in [3.05, 3.63) is 11.9 Å². The molecule has 0 saturated heterocycles. The van der Waals surface area contributed by atoms with E-state index >= 15 is 0 Å². The first-order valence-electron chi connectivity index (χ1n) is 6.42. The molecule has 0 atom stereocenters. The van der Waals surface area contributed by atoms with Crippen molar-refractivity contribution in [2.75, 3.05) is 37.0 Å². The van der Waals surface area contributed by atoms with Gasteiger partial charge in [-0.05, 0) is 6.42 Å². The highest BCUT2D eigenvalue weighted by Crippen LogP contribution is 2.29. The number of halogens is 3. The van der Waals surface area contributed by atoms with E-state index in [1.54, 1.807) is 4.90 Å². The molecule has 0 spiro atoms. The Bertz CT molecular complexity index is 426. The summed E-state index contributed by atoms with van der Waals surface area (Å²) in [6, 6.07) is 1.44. The van der Waals surface area contributed by atoms with E-state index in [-0.39, 0.29) is 24.8 Å². The maximum absolute atomic E-state index is 12.8. The zero-order valence-electron chi connectivity index (χ0n) is 11.5. The van der Waals surface area contributed by atoms with Crippen molar-refractivity contribution < 1.29 is 18.3 Å². The van der Waals surface area contributed by atoms with E-state index in [0.29, 0.717) is 6.54 Å². The summed E-state index contributed by atoms with van der Waals surface area (Å²) in [5, 5.41) is 11.6. The van der Waals surface area contributed by atoms with Crippen LogP contribution in [-0.4, -0.2) is 41.8 Å². The molecule has 0 aliphatic rings. The van der Waals surface area contributed by atoms with Gasteiger partial charge in [0, 0.05) is 26.2 Å². The molecule has 1 heterocycles. The van der Waals surface area contributed by atoms with Gasteiger partial charge < -0.3 is 15.3 Å². The molecule has 20 heavy (non-hydrogen) atoms. The first-order chi connectivity index (χ1) is 9.42. The van der Waals surface area contributed by atoms with Gasteiger partial charge in [-0.15, -0.1) is 0 Å². The number of nitrogens with one attached hydrogen (secondary N) is 1. The summed E-state index contributed by atoms with van der Waals surface area (Å²) in [5.41, 5.74) is 0. The fourth-order valence-electron chi connectivity index (χ4n) is 1.66. The Morgan fingerprint density at radius 3 is 2.50 bits per heavy atom. The molecule has 0 saturated carbocycles. The lowest BCUT2D eigenvalue weighted by Gasteiger charge is -2.23. The number of anilines is 2. The minimum Gasteiger partial charge on any atom is -0.395 e. The van der Waals surface area contributed by atoms with Gasteiger partial charge in [0.25, 0.3) is 0 Å². The molecule has 0 aliphatic heterocycles. The van der Waals surface area contributed by atoms with E-state index in [9.17, 15) is 13.2 Å². The van der Waals surface area contributed by atoms with Gasteiger partial charge in [-0.25, -0.2) is 9.97 Å². The van der Waals surface area contributed by atoms with E-state index in [2.05, 4.69) is 15.3 Å². The lowest BCUT2D eigenvalue weighted by atomic mass is 10.3. The minimum absolute atomic E-state index is 0.0989. The second-order valence-electron chi connectivity index (χ2n) is 4.25. The van der Waals surface area contributed by atoms with Crippen molar-refractivity contribution in [1.82, 2.24) is 9.97 Å². The number of nitrogens with zero attached hydrogens (tertiary/aromatic N) is 3. The Morgan fingerprint density at radius 1 is 1.30 bits per heavy atom. The average Bonchev–Trinajstić information content (AvgIpc) is 2.42. The Labute approximate surface area is 115 Å². The van der Waals surface area contributed by atoms with Crippen LogP contribution < -0.4 is 10.2 Å². The average molecular weight is 292 g/mol. The number of aliphatic hydroxyl groups is 1. The van der Waals surface area contributed by atoms with Crippen molar-refractivity contribution in [3.63, 3.8) is 0 Å². The van der Waals surface area contributed by atoms with Crippen LogP contribution in [0.15, 0.2) is 6.07 Å². The highest BCUT2D eigenvalue weighted by Gasteiger charge is 2.35. The third-order valence-electron chi connectivity index (χ3n) is 2.70. The van der Waals surface area contributed by atoms with Crippen LogP contribution in [0.25, 0.3) is 0 Å². The minimum atomic E-state index is -4.60. The smallest absolute Gasteiger partial charge is 0.395 e. The van der Waals surface area contributed by atoms with Crippen LogP contribution in [0, 0.1) is 0 Å². The highest BCUT2D eigenvalue weighted by molar-refractivity contribution is 5.49. The molecule has 1 rings (SSSR count). The van der Waals surface area contributed by atoms with Crippen LogP contribution in [0.2, 0.25) is 0 Å². The number of hydrogen-bond donors (Lipinski definition) is 2. The number of hydrogen-bond acceptors (Lipinski definition) is 5. The normalized spacial score (nSPS) is 11.5. The summed E-state index contributed by atoms with van der Waals surface area (Å²) in [5.74, 6) is -0.917. The van der Waals surface area contributed by atoms with Crippen LogP contribution in [0.1, 0.15) is 25.6 Å². The van der Waals surface area contributed by atoms with E-state index in [1.165, 1.54) is 13.1 Å². The SMILES string of the molecule is CCCCN(CCO)c1cc(NC)nc(C(F)(F)F)n1. The largest absolute Gasteiger partial charge is 0.451 e. The number of unbranched alkanes of at least 4 members (excludes halogenated alkanes) is 1. The molecule has 0 fully saturated rings. The number of aromatic nitrogens is 2. The first kappa shape index (κ1) is 16.5. The van der Waals surface area contributed by atoms with Crippen molar-refractivity contribution in [1.29, 1.82) is 0 Å². The van der Waals surface area contributed by atoms with Crippen molar-refractivity contribution in [2.45, 2.75) is 25.9 Å². The maximum atomic E-state index is 12.8. The second-order valence-corrected chi connectivity index (χ2v) is 4.25. The van der Waals surface area contributed by atoms with Gasteiger partial charge in [0.15, 0.2) is 0 Å². The molecule has 8 heteroatoms. The van der Waals surface area contributed by atoms with Gasteiger partial charge in [-0.2, -0.15) is 13.2 Å². The molecule has 0 aliphatic carbocycles. The molecule has 1 aromatic heterocycles. The van der Waals surface area contributed by atoms with Gasteiger partial charge in [-0.3, -0.25) is 0 Å². The number of aliphatic hydroxyl groups excluding tert-OH is 1. The lowest BCUT2D eigenvalue weighted by Crippen LogP contribution is -2.29.